The van der Waals surface area contributed by atoms with E-state index in [1.54, 1.807) is 18.2 Å². The molecule has 21 heavy (non-hydrogen) atoms. The fourth-order valence-corrected chi connectivity index (χ4v) is 2.26. The molecule has 0 aromatic heterocycles. The molecule has 112 valence electrons. The molecule has 2 aromatic rings. The topological polar surface area (TPSA) is 52.0 Å². The van der Waals surface area contributed by atoms with Crippen LogP contribution in [0.1, 0.15) is 30.5 Å². The lowest BCUT2D eigenvalue weighted by molar-refractivity contribution is -0.137. The number of halogens is 3. The van der Waals surface area contributed by atoms with Gasteiger partial charge in [0.1, 0.15) is 0 Å². The van der Waals surface area contributed by atoms with E-state index in [0.717, 1.165) is 11.6 Å². The Hall–Kier alpha value is -2.17. The van der Waals surface area contributed by atoms with E-state index < -0.39 is 17.2 Å². The van der Waals surface area contributed by atoms with Crippen LogP contribution in [0, 0.1) is 0 Å². The molecular weight excluding hydrogens is 277 g/mol. The van der Waals surface area contributed by atoms with Crippen LogP contribution < -0.4 is 11.5 Å². The van der Waals surface area contributed by atoms with Crippen molar-refractivity contribution in [3.8, 4) is 0 Å². The van der Waals surface area contributed by atoms with Crippen molar-refractivity contribution in [3.05, 3.63) is 59.2 Å². The molecule has 0 saturated carbocycles. The maximum atomic E-state index is 13.0. The largest absolute Gasteiger partial charge is 0.418 e. The van der Waals surface area contributed by atoms with Gasteiger partial charge in [-0.25, -0.2) is 0 Å². The third-order valence-electron chi connectivity index (χ3n) is 3.71. The highest BCUT2D eigenvalue weighted by atomic mass is 19.4. The first kappa shape index (κ1) is 15.2. The number of benzene rings is 2. The van der Waals surface area contributed by atoms with Gasteiger partial charge < -0.3 is 11.5 Å². The Kier molecular flexibility index (Phi) is 3.61. The molecule has 0 spiro atoms. The van der Waals surface area contributed by atoms with Gasteiger partial charge in [0.25, 0.3) is 0 Å². The Morgan fingerprint density at radius 1 is 0.810 bits per heavy atom. The summed E-state index contributed by atoms with van der Waals surface area (Å²) in [6.45, 7) is 3.73. The number of nitrogens with two attached hydrogens (primary N) is 2. The number of anilines is 2. The number of nitrogen functional groups attached to an aromatic ring is 2. The van der Waals surface area contributed by atoms with E-state index in [1.807, 2.05) is 26.0 Å². The summed E-state index contributed by atoms with van der Waals surface area (Å²) in [5.41, 5.74) is 11.5. The van der Waals surface area contributed by atoms with E-state index in [4.69, 9.17) is 11.5 Å². The van der Waals surface area contributed by atoms with E-state index in [9.17, 15) is 13.2 Å². The number of alkyl halides is 3. The van der Waals surface area contributed by atoms with Gasteiger partial charge >= 0.3 is 6.18 Å². The second kappa shape index (κ2) is 4.98. The lowest BCUT2D eigenvalue weighted by Crippen LogP contribution is -2.20. The molecular formula is C16H17F3N2. The molecule has 0 unspecified atom stereocenters. The predicted octanol–water partition coefficient (Wildman–Crippen LogP) is 4.20. The highest BCUT2D eigenvalue weighted by molar-refractivity contribution is 5.53. The summed E-state index contributed by atoms with van der Waals surface area (Å²) in [4.78, 5) is 0. The Morgan fingerprint density at radius 2 is 1.33 bits per heavy atom. The lowest BCUT2D eigenvalue weighted by Gasteiger charge is -2.27. The smallest absolute Gasteiger partial charge is 0.399 e. The summed E-state index contributed by atoms with van der Waals surface area (Å²) < 4.78 is 38.9. The van der Waals surface area contributed by atoms with Gasteiger partial charge in [-0.3, -0.25) is 0 Å². The normalized spacial score (nSPS) is 12.4. The van der Waals surface area contributed by atoms with Crippen LogP contribution in [0.4, 0.5) is 24.5 Å². The first-order chi connectivity index (χ1) is 9.62. The van der Waals surface area contributed by atoms with Gasteiger partial charge in [-0.15, -0.1) is 0 Å². The lowest BCUT2D eigenvalue weighted by atomic mass is 9.77. The predicted molar refractivity (Wildman–Crippen MR) is 78.8 cm³/mol. The maximum Gasteiger partial charge on any atom is 0.418 e. The van der Waals surface area contributed by atoms with Crippen molar-refractivity contribution in [2.75, 3.05) is 11.5 Å². The van der Waals surface area contributed by atoms with Crippen LogP contribution >= 0.6 is 0 Å². The molecule has 0 fully saturated rings. The first-order valence-electron chi connectivity index (χ1n) is 6.45. The van der Waals surface area contributed by atoms with Gasteiger partial charge in [0.15, 0.2) is 0 Å². The summed E-state index contributed by atoms with van der Waals surface area (Å²) >= 11 is 0. The molecule has 0 heterocycles. The standard InChI is InChI=1S/C16H17F3N2/c1-15(2,10-3-6-12(20)7-4-10)11-5-8-14(21)13(9-11)16(17,18)19/h3-9H,20-21H2,1-2H3. The third kappa shape index (κ3) is 2.96. The molecule has 4 N–H and O–H groups in total. The Bertz CT molecular complexity index is 644. The van der Waals surface area contributed by atoms with Crippen LogP contribution in [0.3, 0.4) is 0 Å². The van der Waals surface area contributed by atoms with Gasteiger partial charge in [0.05, 0.1) is 5.56 Å². The molecule has 2 nitrogen and oxygen atoms in total. The highest BCUT2D eigenvalue weighted by Crippen LogP contribution is 2.38. The zero-order valence-corrected chi connectivity index (χ0v) is 11.8. The molecule has 2 aromatic carbocycles. The SMILES string of the molecule is CC(C)(c1ccc(N)cc1)c1ccc(N)c(C(F)(F)F)c1. The van der Waals surface area contributed by atoms with Gasteiger partial charge in [-0.2, -0.15) is 13.2 Å². The van der Waals surface area contributed by atoms with E-state index >= 15 is 0 Å². The summed E-state index contributed by atoms with van der Waals surface area (Å²) in [6.07, 6.45) is -4.46. The van der Waals surface area contributed by atoms with Crippen molar-refractivity contribution in [1.29, 1.82) is 0 Å². The van der Waals surface area contributed by atoms with E-state index in [-0.39, 0.29) is 5.69 Å². The first-order valence-corrected chi connectivity index (χ1v) is 6.45. The highest BCUT2D eigenvalue weighted by Gasteiger charge is 2.35. The Morgan fingerprint density at radius 3 is 1.86 bits per heavy atom. The van der Waals surface area contributed by atoms with Crippen molar-refractivity contribution in [1.82, 2.24) is 0 Å². The average Bonchev–Trinajstić information content (AvgIpc) is 2.38. The number of hydrogen-bond donors (Lipinski definition) is 2. The fourth-order valence-electron chi connectivity index (χ4n) is 2.26. The van der Waals surface area contributed by atoms with Crippen LogP contribution in [0.5, 0.6) is 0 Å². The fraction of sp³-hybridized carbons (Fsp3) is 0.250. The van der Waals surface area contributed by atoms with E-state index in [2.05, 4.69) is 0 Å². The maximum absolute atomic E-state index is 13.0. The minimum absolute atomic E-state index is 0.264. The zero-order valence-electron chi connectivity index (χ0n) is 11.8. The number of rotatable bonds is 2. The van der Waals surface area contributed by atoms with Crippen LogP contribution in [0.2, 0.25) is 0 Å². The number of hydrogen-bond acceptors (Lipinski definition) is 2. The average molecular weight is 294 g/mol. The summed E-state index contributed by atoms with van der Waals surface area (Å²) in [7, 11) is 0. The van der Waals surface area contributed by atoms with Gasteiger partial charge in [-0.1, -0.05) is 32.0 Å². The molecule has 2 rings (SSSR count). The molecule has 0 aliphatic rings. The second-order valence-electron chi connectivity index (χ2n) is 5.55. The monoisotopic (exact) mass is 294 g/mol. The Labute approximate surface area is 121 Å². The van der Waals surface area contributed by atoms with Crippen LogP contribution in [0.25, 0.3) is 0 Å². The molecule has 0 aliphatic heterocycles. The molecule has 0 atom stereocenters. The molecule has 0 radical (unpaired) electrons. The summed E-state index contributed by atoms with van der Waals surface area (Å²) in [5.74, 6) is 0. The van der Waals surface area contributed by atoms with Crippen molar-refractivity contribution in [2.24, 2.45) is 0 Å². The van der Waals surface area contributed by atoms with Gasteiger partial charge in [0, 0.05) is 16.8 Å². The van der Waals surface area contributed by atoms with Gasteiger partial charge in [0.2, 0.25) is 0 Å². The van der Waals surface area contributed by atoms with Crippen LogP contribution in [-0.2, 0) is 11.6 Å². The van der Waals surface area contributed by atoms with Crippen molar-refractivity contribution < 1.29 is 13.2 Å². The second-order valence-corrected chi connectivity index (χ2v) is 5.55. The van der Waals surface area contributed by atoms with Crippen molar-refractivity contribution in [2.45, 2.75) is 25.4 Å². The quantitative estimate of drug-likeness (QED) is 0.816. The zero-order chi connectivity index (χ0) is 15.8. The molecule has 0 bridgehead atoms. The van der Waals surface area contributed by atoms with E-state index in [0.29, 0.717) is 11.3 Å². The molecule has 5 heteroatoms. The summed E-state index contributed by atoms with van der Waals surface area (Å²) in [5, 5.41) is 0. The minimum Gasteiger partial charge on any atom is -0.399 e. The van der Waals surface area contributed by atoms with Crippen molar-refractivity contribution >= 4 is 11.4 Å². The molecule has 0 aliphatic carbocycles. The van der Waals surface area contributed by atoms with E-state index in [1.165, 1.54) is 6.07 Å². The van der Waals surface area contributed by atoms with Crippen LogP contribution in [0.15, 0.2) is 42.5 Å². The third-order valence-corrected chi connectivity index (χ3v) is 3.71. The van der Waals surface area contributed by atoms with Crippen LogP contribution in [-0.4, -0.2) is 0 Å². The van der Waals surface area contributed by atoms with Gasteiger partial charge in [-0.05, 0) is 35.4 Å². The Balaban J connectivity index is 2.52. The molecule has 0 amide bonds. The summed E-state index contributed by atoms with van der Waals surface area (Å²) in [6, 6.07) is 11.2. The minimum atomic E-state index is -4.46. The van der Waals surface area contributed by atoms with Crippen molar-refractivity contribution in [3.63, 3.8) is 0 Å². The molecule has 0 saturated heterocycles.